The number of hydrogen-bond donors (Lipinski definition) is 2. The molecule has 5 nitrogen and oxygen atoms in total. The van der Waals surface area contributed by atoms with Gasteiger partial charge in [-0.3, -0.25) is 4.90 Å². The maximum absolute atomic E-state index is 9.53. The van der Waals surface area contributed by atoms with Crippen molar-refractivity contribution in [2.45, 2.75) is 51.8 Å². The second kappa shape index (κ2) is 10.3. The Balaban J connectivity index is 0.00000225. The number of fused-ring (bicyclic) bond motifs is 2. The van der Waals surface area contributed by atoms with Crippen molar-refractivity contribution in [1.29, 1.82) is 0 Å². The third kappa shape index (κ3) is 4.82. The summed E-state index contributed by atoms with van der Waals surface area (Å²) in [4.78, 5) is 10.0. The lowest BCUT2D eigenvalue weighted by molar-refractivity contribution is 0.0958. The van der Waals surface area contributed by atoms with E-state index in [9.17, 15) is 5.11 Å². The number of piperazine rings is 1. The standard InChI is InChI=1S/C22H34N4O.HI/c1-2-23-22(24-15-19-5-3-4-6-20(19)16-27)26-11-9-25(10-12-26)21-14-17-7-8-18(21)13-17;/h3-6,17-18,21,27H,2,7-16H2,1H3,(H,23,24);1H. The SMILES string of the molecule is CCNC(=NCc1ccccc1CO)N1CCN(C2CC3CCC2C3)CC1.I. The molecule has 2 N–H and O–H groups in total. The number of benzene rings is 1. The van der Waals surface area contributed by atoms with Crippen LogP contribution in [-0.4, -0.2) is 59.6 Å². The van der Waals surface area contributed by atoms with E-state index < -0.39 is 0 Å². The van der Waals surface area contributed by atoms with Crippen molar-refractivity contribution in [1.82, 2.24) is 15.1 Å². The van der Waals surface area contributed by atoms with Crippen LogP contribution in [0.1, 0.15) is 43.7 Å². The number of rotatable bonds is 5. The first kappa shape index (κ1) is 21.8. The van der Waals surface area contributed by atoms with Crippen LogP contribution in [0.25, 0.3) is 0 Å². The molecule has 0 radical (unpaired) electrons. The molecule has 0 amide bonds. The Morgan fingerprint density at radius 2 is 1.86 bits per heavy atom. The van der Waals surface area contributed by atoms with Crippen molar-refractivity contribution in [3.63, 3.8) is 0 Å². The van der Waals surface area contributed by atoms with Gasteiger partial charge in [0.1, 0.15) is 0 Å². The molecule has 3 atom stereocenters. The van der Waals surface area contributed by atoms with Gasteiger partial charge in [0.25, 0.3) is 0 Å². The maximum atomic E-state index is 9.53. The van der Waals surface area contributed by atoms with Gasteiger partial charge in [0.05, 0.1) is 13.2 Å². The van der Waals surface area contributed by atoms with Crippen molar-refractivity contribution in [2.75, 3.05) is 32.7 Å². The van der Waals surface area contributed by atoms with Crippen LogP contribution in [0.15, 0.2) is 29.3 Å². The number of nitrogens with zero attached hydrogens (tertiary/aromatic N) is 3. The molecule has 1 saturated heterocycles. The molecule has 28 heavy (non-hydrogen) atoms. The van der Waals surface area contributed by atoms with Gasteiger partial charge < -0.3 is 15.3 Å². The van der Waals surface area contributed by atoms with Gasteiger partial charge in [-0.05, 0) is 49.1 Å². The minimum absolute atomic E-state index is 0. The van der Waals surface area contributed by atoms with E-state index in [2.05, 4.69) is 28.1 Å². The average molecular weight is 498 g/mol. The lowest BCUT2D eigenvalue weighted by Gasteiger charge is -2.42. The molecule has 2 bridgehead atoms. The van der Waals surface area contributed by atoms with Crippen LogP contribution in [0.3, 0.4) is 0 Å². The van der Waals surface area contributed by atoms with E-state index in [-0.39, 0.29) is 30.6 Å². The summed E-state index contributed by atoms with van der Waals surface area (Å²) >= 11 is 0. The summed E-state index contributed by atoms with van der Waals surface area (Å²) in [5.74, 6) is 3.00. The maximum Gasteiger partial charge on any atom is 0.194 e. The van der Waals surface area contributed by atoms with E-state index in [1.165, 1.54) is 25.7 Å². The van der Waals surface area contributed by atoms with Crippen LogP contribution in [0.5, 0.6) is 0 Å². The van der Waals surface area contributed by atoms with Crippen molar-refractivity contribution in [3.05, 3.63) is 35.4 Å². The van der Waals surface area contributed by atoms with Crippen LogP contribution in [0, 0.1) is 11.8 Å². The van der Waals surface area contributed by atoms with Gasteiger partial charge in [0.2, 0.25) is 0 Å². The Kier molecular flexibility index (Phi) is 8.00. The average Bonchev–Trinajstić information content (AvgIpc) is 3.35. The molecule has 156 valence electrons. The normalized spacial score (nSPS) is 27.7. The molecule has 3 fully saturated rings. The Morgan fingerprint density at radius 1 is 1.11 bits per heavy atom. The molecule has 0 spiro atoms. The molecule has 4 rings (SSSR count). The third-order valence-corrected chi connectivity index (χ3v) is 6.81. The van der Waals surface area contributed by atoms with Crippen molar-refractivity contribution in [3.8, 4) is 0 Å². The third-order valence-electron chi connectivity index (χ3n) is 6.81. The minimum Gasteiger partial charge on any atom is -0.392 e. The molecule has 0 aromatic heterocycles. The molecule has 1 aromatic carbocycles. The highest BCUT2D eigenvalue weighted by atomic mass is 127. The molecule has 1 heterocycles. The van der Waals surface area contributed by atoms with Crippen molar-refractivity contribution < 1.29 is 5.11 Å². The number of aliphatic hydroxyl groups is 1. The Bertz CT molecular complexity index is 660. The van der Waals surface area contributed by atoms with E-state index in [1.807, 2.05) is 18.2 Å². The lowest BCUT2D eigenvalue weighted by Crippen LogP contribution is -2.55. The summed E-state index contributed by atoms with van der Waals surface area (Å²) < 4.78 is 0. The van der Waals surface area contributed by atoms with Gasteiger partial charge in [-0.25, -0.2) is 4.99 Å². The Hall–Kier alpha value is -0.860. The monoisotopic (exact) mass is 498 g/mol. The quantitative estimate of drug-likeness (QED) is 0.372. The van der Waals surface area contributed by atoms with Crippen LogP contribution in [-0.2, 0) is 13.2 Å². The van der Waals surface area contributed by atoms with E-state index in [4.69, 9.17) is 4.99 Å². The Labute approximate surface area is 186 Å². The molecule has 2 aliphatic carbocycles. The van der Waals surface area contributed by atoms with Gasteiger partial charge >= 0.3 is 0 Å². The van der Waals surface area contributed by atoms with E-state index in [0.717, 1.165) is 67.7 Å². The van der Waals surface area contributed by atoms with Crippen molar-refractivity contribution >= 4 is 29.9 Å². The zero-order valence-corrected chi connectivity index (χ0v) is 19.3. The minimum atomic E-state index is 0. The van der Waals surface area contributed by atoms with Crippen LogP contribution < -0.4 is 5.32 Å². The van der Waals surface area contributed by atoms with E-state index >= 15 is 0 Å². The zero-order chi connectivity index (χ0) is 18.6. The highest BCUT2D eigenvalue weighted by Gasteiger charge is 2.42. The summed E-state index contributed by atoms with van der Waals surface area (Å²) in [6.45, 7) is 8.13. The smallest absolute Gasteiger partial charge is 0.194 e. The first-order valence-electron chi connectivity index (χ1n) is 10.7. The molecule has 3 aliphatic rings. The number of guanidine groups is 1. The highest BCUT2D eigenvalue weighted by molar-refractivity contribution is 14.0. The summed E-state index contributed by atoms with van der Waals surface area (Å²) in [5.41, 5.74) is 2.08. The fourth-order valence-corrected chi connectivity index (χ4v) is 5.38. The summed E-state index contributed by atoms with van der Waals surface area (Å²) in [7, 11) is 0. The molecular formula is C22H35IN4O. The van der Waals surface area contributed by atoms with Crippen LogP contribution in [0.4, 0.5) is 0 Å². The number of halogens is 1. The van der Waals surface area contributed by atoms with Gasteiger partial charge in [-0.15, -0.1) is 24.0 Å². The second-order valence-corrected chi connectivity index (χ2v) is 8.36. The van der Waals surface area contributed by atoms with Gasteiger partial charge in [-0.1, -0.05) is 30.7 Å². The highest BCUT2D eigenvalue weighted by Crippen LogP contribution is 2.46. The molecule has 1 aromatic rings. The number of aliphatic hydroxyl groups excluding tert-OH is 1. The number of nitrogens with one attached hydrogen (secondary N) is 1. The first-order valence-corrected chi connectivity index (χ1v) is 10.7. The predicted octanol–water partition coefficient (Wildman–Crippen LogP) is 3.07. The van der Waals surface area contributed by atoms with Gasteiger partial charge in [0.15, 0.2) is 5.96 Å². The molecule has 6 heteroatoms. The number of hydrogen-bond acceptors (Lipinski definition) is 3. The van der Waals surface area contributed by atoms with Crippen LogP contribution in [0.2, 0.25) is 0 Å². The predicted molar refractivity (Wildman–Crippen MR) is 125 cm³/mol. The first-order chi connectivity index (χ1) is 13.3. The van der Waals surface area contributed by atoms with Crippen molar-refractivity contribution in [2.24, 2.45) is 16.8 Å². The molecular weight excluding hydrogens is 463 g/mol. The molecule has 1 aliphatic heterocycles. The Morgan fingerprint density at radius 3 is 2.46 bits per heavy atom. The van der Waals surface area contributed by atoms with Gasteiger partial charge in [0, 0.05) is 38.8 Å². The summed E-state index contributed by atoms with van der Waals surface area (Å²) in [6, 6.07) is 8.88. The molecule has 3 unspecified atom stereocenters. The van der Waals surface area contributed by atoms with E-state index in [1.54, 1.807) is 0 Å². The summed E-state index contributed by atoms with van der Waals surface area (Å²) in [5, 5.41) is 13.0. The van der Waals surface area contributed by atoms with Gasteiger partial charge in [-0.2, -0.15) is 0 Å². The topological polar surface area (TPSA) is 51.1 Å². The fraction of sp³-hybridized carbons (Fsp3) is 0.682. The lowest BCUT2D eigenvalue weighted by atomic mass is 9.93. The van der Waals surface area contributed by atoms with E-state index in [0.29, 0.717) is 6.54 Å². The largest absolute Gasteiger partial charge is 0.392 e. The van der Waals surface area contributed by atoms with Crippen LogP contribution >= 0.6 is 24.0 Å². The zero-order valence-electron chi connectivity index (χ0n) is 17.0. The summed E-state index contributed by atoms with van der Waals surface area (Å²) in [6.07, 6.45) is 5.87. The second-order valence-electron chi connectivity index (χ2n) is 8.36. The number of aliphatic imine (C=N–C) groups is 1. The fourth-order valence-electron chi connectivity index (χ4n) is 5.38. The molecule has 2 saturated carbocycles.